The number of halogens is 2. The molecule has 2 aromatic carbocycles. The summed E-state index contributed by atoms with van der Waals surface area (Å²) in [5.41, 5.74) is 1.24. The zero-order valence-corrected chi connectivity index (χ0v) is 18.4. The highest BCUT2D eigenvalue weighted by atomic mass is 35.5. The smallest absolute Gasteiger partial charge is 0.243 e. The van der Waals surface area contributed by atoms with Crippen LogP contribution < -0.4 is 10.1 Å². The van der Waals surface area contributed by atoms with Crippen molar-refractivity contribution in [3.05, 3.63) is 52.0 Å². The van der Waals surface area contributed by atoms with E-state index in [0.717, 1.165) is 5.56 Å². The van der Waals surface area contributed by atoms with Crippen LogP contribution in [0.1, 0.15) is 18.4 Å². The van der Waals surface area contributed by atoms with Gasteiger partial charge in [0.15, 0.2) is 0 Å². The van der Waals surface area contributed by atoms with Crippen molar-refractivity contribution in [2.24, 2.45) is 5.92 Å². The molecule has 0 aromatic heterocycles. The van der Waals surface area contributed by atoms with Crippen LogP contribution in [0.2, 0.25) is 10.0 Å². The summed E-state index contributed by atoms with van der Waals surface area (Å²) in [7, 11) is -2.07. The second-order valence-corrected chi connectivity index (χ2v) is 9.70. The van der Waals surface area contributed by atoms with Gasteiger partial charge in [-0.15, -0.1) is 0 Å². The van der Waals surface area contributed by atoms with Crippen molar-refractivity contribution in [2.75, 3.05) is 25.5 Å². The van der Waals surface area contributed by atoms with Gasteiger partial charge in [-0.3, -0.25) is 4.79 Å². The Hall–Kier alpha value is -1.80. The molecule has 1 fully saturated rings. The van der Waals surface area contributed by atoms with Crippen molar-refractivity contribution in [2.45, 2.75) is 24.7 Å². The topological polar surface area (TPSA) is 75.7 Å². The number of hydrogen-bond donors (Lipinski definition) is 1. The monoisotopic (exact) mass is 456 g/mol. The molecule has 0 saturated carbocycles. The first-order chi connectivity index (χ1) is 13.7. The minimum Gasteiger partial charge on any atom is -0.496 e. The van der Waals surface area contributed by atoms with E-state index in [1.54, 1.807) is 50.4 Å². The normalized spacial score (nSPS) is 15.9. The first kappa shape index (κ1) is 21.9. The molecule has 9 heteroatoms. The summed E-state index contributed by atoms with van der Waals surface area (Å²) in [4.78, 5) is 12.8. The minimum absolute atomic E-state index is 0.174. The molecule has 0 atom stereocenters. The lowest BCUT2D eigenvalue weighted by Crippen LogP contribution is -2.41. The van der Waals surface area contributed by atoms with Gasteiger partial charge in [-0.2, -0.15) is 4.31 Å². The molecule has 2 aromatic rings. The fraction of sp³-hybridized carbons (Fsp3) is 0.350. The van der Waals surface area contributed by atoms with E-state index in [0.29, 0.717) is 34.3 Å². The van der Waals surface area contributed by atoms with E-state index in [4.69, 9.17) is 27.9 Å². The zero-order chi connectivity index (χ0) is 21.2. The number of aryl methyl sites for hydroxylation is 1. The first-order valence-electron chi connectivity index (χ1n) is 9.13. The number of rotatable bonds is 5. The Bertz CT molecular complexity index is 1020. The van der Waals surface area contributed by atoms with Crippen molar-refractivity contribution in [3.63, 3.8) is 0 Å². The summed E-state index contributed by atoms with van der Waals surface area (Å²) in [6, 6.07) is 9.66. The Labute approximate surface area is 180 Å². The first-order valence-corrected chi connectivity index (χ1v) is 11.3. The fourth-order valence-corrected chi connectivity index (χ4v) is 5.36. The van der Waals surface area contributed by atoms with Crippen LogP contribution in [0.25, 0.3) is 0 Å². The highest BCUT2D eigenvalue weighted by Gasteiger charge is 2.32. The molecule has 1 saturated heterocycles. The predicted molar refractivity (Wildman–Crippen MR) is 114 cm³/mol. The lowest BCUT2D eigenvalue weighted by molar-refractivity contribution is -0.120. The molecule has 1 amide bonds. The maximum Gasteiger partial charge on any atom is 0.243 e. The number of sulfonamides is 1. The number of piperidine rings is 1. The summed E-state index contributed by atoms with van der Waals surface area (Å²) in [5.74, 6) is 0.178. The quantitative estimate of drug-likeness (QED) is 0.725. The van der Waals surface area contributed by atoms with Gasteiger partial charge in [0.25, 0.3) is 0 Å². The van der Waals surface area contributed by atoms with E-state index < -0.39 is 10.0 Å². The van der Waals surface area contributed by atoms with Crippen molar-refractivity contribution in [3.8, 4) is 5.75 Å². The third kappa shape index (κ3) is 4.86. The number of nitrogens with one attached hydrogen (secondary N) is 1. The number of methoxy groups -OCH3 is 1. The maximum atomic E-state index is 12.9. The molecule has 0 unspecified atom stereocenters. The molecule has 0 aliphatic carbocycles. The minimum atomic E-state index is -3.62. The standard InChI is InChI=1S/C20H22Cl2N2O4S/c1-13-11-16(4-6-19(13)28-2)29(26,27)24-9-7-14(8-10-24)20(25)23-18-5-3-15(21)12-17(18)22/h3-6,11-12,14H,7-10H2,1-2H3,(H,23,25). The van der Waals surface area contributed by atoms with Crippen LogP contribution >= 0.6 is 23.2 Å². The highest BCUT2D eigenvalue weighted by molar-refractivity contribution is 7.89. The van der Waals surface area contributed by atoms with Gasteiger partial charge in [0.1, 0.15) is 5.75 Å². The summed E-state index contributed by atoms with van der Waals surface area (Å²) in [6.45, 7) is 2.36. The van der Waals surface area contributed by atoms with Gasteiger partial charge >= 0.3 is 0 Å². The molecule has 1 N–H and O–H groups in total. The number of carbonyl (C=O) groups excluding carboxylic acids is 1. The molecule has 1 aliphatic heterocycles. The average molecular weight is 457 g/mol. The molecule has 0 bridgehead atoms. The van der Waals surface area contributed by atoms with E-state index >= 15 is 0 Å². The van der Waals surface area contributed by atoms with E-state index in [1.807, 2.05) is 0 Å². The van der Waals surface area contributed by atoms with Crippen molar-refractivity contribution >= 4 is 44.8 Å². The van der Waals surface area contributed by atoms with Gasteiger partial charge in [0.05, 0.1) is 22.7 Å². The number of amides is 1. The van der Waals surface area contributed by atoms with Crippen LogP contribution in [-0.4, -0.2) is 38.8 Å². The molecule has 1 heterocycles. The number of ether oxygens (including phenoxy) is 1. The third-order valence-electron chi connectivity index (χ3n) is 5.02. The molecule has 0 radical (unpaired) electrons. The van der Waals surface area contributed by atoms with Gasteiger partial charge in [0.2, 0.25) is 15.9 Å². The van der Waals surface area contributed by atoms with Crippen LogP contribution in [0.4, 0.5) is 5.69 Å². The Balaban J connectivity index is 1.65. The zero-order valence-electron chi connectivity index (χ0n) is 16.1. The van der Waals surface area contributed by atoms with E-state index in [9.17, 15) is 13.2 Å². The molecular weight excluding hydrogens is 435 g/mol. The second-order valence-electron chi connectivity index (χ2n) is 6.92. The number of hydrogen-bond acceptors (Lipinski definition) is 4. The van der Waals surface area contributed by atoms with Gasteiger partial charge < -0.3 is 10.1 Å². The Morgan fingerprint density at radius 3 is 2.41 bits per heavy atom. The second kappa shape index (κ2) is 8.92. The molecule has 1 aliphatic rings. The molecule has 156 valence electrons. The summed E-state index contributed by atoms with van der Waals surface area (Å²) in [6.07, 6.45) is 0.872. The van der Waals surface area contributed by atoms with Crippen molar-refractivity contribution in [1.82, 2.24) is 4.31 Å². The summed E-state index contributed by atoms with van der Waals surface area (Å²) in [5, 5.41) is 3.65. The summed E-state index contributed by atoms with van der Waals surface area (Å²) >= 11 is 12.0. The van der Waals surface area contributed by atoms with Crippen LogP contribution in [-0.2, 0) is 14.8 Å². The maximum absolute atomic E-state index is 12.9. The van der Waals surface area contributed by atoms with Crippen LogP contribution in [0.3, 0.4) is 0 Å². The van der Waals surface area contributed by atoms with Gasteiger partial charge in [0, 0.05) is 24.0 Å². The number of anilines is 1. The van der Waals surface area contributed by atoms with Gasteiger partial charge in [-0.05, 0) is 61.7 Å². The highest BCUT2D eigenvalue weighted by Crippen LogP contribution is 2.29. The fourth-order valence-electron chi connectivity index (χ4n) is 3.34. The Morgan fingerprint density at radius 2 is 1.83 bits per heavy atom. The molecule has 3 rings (SSSR count). The Morgan fingerprint density at radius 1 is 1.14 bits per heavy atom. The molecular formula is C20H22Cl2N2O4S. The van der Waals surface area contributed by atoms with Crippen molar-refractivity contribution in [1.29, 1.82) is 0 Å². The third-order valence-corrected chi connectivity index (χ3v) is 7.46. The predicted octanol–water partition coefficient (Wildman–Crippen LogP) is 4.35. The van der Waals surface area contributed by atoms with Crippen LogP contribution in [0.15, 0.2) is 41.3 Å². The van der Waals surface area contributed by atoms with E-state index in [1.165, 1.54) is 4.31 Å². The van der Waals surface area contributed by atoms with E-state index in [2.05, 4.69) is 5.32 Å². The number of benzene rings is 2. The largest absolute Gasteiger partial charge is 0.496 e. The van der Waals surface area contributed by atoms with Gasteiger partial charge in [-0.25, -0.2) is 8.42 Å². The van der Waals surface area contributed by atoms with Gasteiger partial charge in [-0.1, -0.05) is 23.2 Å². The Kier molecular flexibility index (Phi) is 6.73. The van der Waals surface area contributed by atoms with Crippen LogP contribution in [0.5, 0.6) is 5.75 Å². The molecule has 0 spiro atoms. The lowest BCUT2D eigenvalue weighted by Gasteiger charge is -2.30. The molecule has 6 nitrogen and oxygen atoms in total. The summed E-state index contributed by atoms with van der Waals surface area (Å²) < 4.78 is 32.5. The molecule has 29 heavy (non-hydrogen) atoms. The van der Waals surface area contributed by atoms with Crippen LogP contribution in [0, 0.1) is 12.8 Å². The van der Waals surface area contributed by atoms with Crippen molar-refractivity contribution < 1.29 is 17.9 Å². The lowest BCUT2D eigenvalue weighted by atomic mass is 9.97. The van der Waals surface area contributed by atoms with E-state index in [-0.39, 0.29) is 29.8 Å². The average Bonchev–Trinajstić information content (AvgIpc) is 2.70. The SMILES string of the molecule is COc1ccc(S(=O)(=O)N2CCC(C(=O)Nc3ccc(Cl)cc3Cl)CC2)cc1C. The number of nitrogens with zero attached hydrogens (tertiary/aromatic N) is 1. The number of carbonyl (C=O) groups is 1.